The van der Waals surface area contributed by atoms with Gasteiger partial charge in [0.25, 0.3) is 5.22 Å². The molecule has 1 fully saturated rings. The van der Waals surface area contributed by atoms with Crippen molar-refractivity contribution in [3.8, 4) is 17.2 Å². The van der Waals surface area contributed by atoms with E-state index in [1.54, 1.807) is 19.2 Å². The van der Waals surface area contributed by atoms with Crippen molar-refractivity contribution in [2.75, 3.05) is 19.4 Å². The smallest absolute Gasteiger partial charge is 0.277 e. The van der Waals surface area contributed by atoms with Crippen LogP contribution in [-0.2, 0) is 9.59 Å². The summed E-state index contributed by atoms with van der Waals surface area (Å²) in [5.41, 5.74) is 0.770. The first kappa shape index (κ1) is 15.5. The molecule has 1 aliphatic heterocycles. The Bertz CT molecular complexity index is 714. The SMILES string of the molecule is COc1ccc(-c2nnc(SCC(=O)N3CCCC3=O)o2)cc1. The number of amides is 2. The Balaban J connectivity index is 1.60. The fraction of sp³-hybridized carbons (Fsp3) is 0.333. The molecule has 0 spiro atoms. The van der Waals surface area contributed by atoms with Crippen molar-refractivity contribution >= 4 is 23.6 Å². The van der Waals surface area contributed by atoms with Gasteiger partial charge in [0.2, 0.25) is 17.7 Å². The molecule has 3 rings (SSSR count). The predicted octanol–water partition coefficient (Wildman–Crippen LogP) is 1.99. The number of benzene rings is 1. The zero-order chi connectivity index (χ0) is 16.2. The number of carbonyl (C=O) groups is 2. The Hall–Kier alpha value is -2.35. The largest absolute Gasteiger partial charge is 0.497 e. The quantitative estimate of drug-likeness (QED) is 0.773. The molecule has 0 saturated carbocycles. The molecule has 1 aliphatic rings. The summed E-state index contributed by atoms with van der Waals surface area (Å²) in [5.74, 6) is 0.890. The molecule has 0 unspecified atom stereocenters. The van der Waals surface area contributed by atoms with Gasteiger partial charge in [-0.05, 0) is 30.7 Å². The minimum absolute atomic E-state index is 0.107. The van der Waals surface area contributed by atoms with Crippen LogP contribution in [0.2, 0.25) is 0 Å². The fourth-order valence-corrected chi connectivity index (χ4v) is 2.87. The molecule has 0 N–H and O–H groups in total. The van der Waals surface area contributed by atoms with Crippen LogP contribution in [0.3, 0.4) is 0 Å². The summed E-state index contributed by atoms with van der Waals surface area (Å²) in [6.45, 7) is 0.499. The van der Waals surface area contributed by atoms with Crippen LogP contribution >= 0.6 is 11.8 Å². The van der Waals surface area contributed by atoms with Gasteiger partial charge in [0.05, 0.1) is 12.9 Å². The number of hydrogen-bond acceptors (Lipinski definition) is 7. The number of nitrogens with zero attached hydrogens (tertiary/aromatic N) is 3. The highest BCUT2D eigenvalue weighted by molar-refractivity contribution is 7.99. The average Bonchev–Trinajstić information content (AvgIpc) is 3.22. The summed E-state index contributed by atoms with van der Waals surface area (Å²) in [5, 5.41) is 8.18. The molecule has 2 amide bonds. The molecule has 23 heavy (non-hydrogen) atoms. The van der Waals surface area contributed by atoms with Crippen molar-refractivity contribution in [1.82, 2.24) is 15.1 Å². The third-order valence-electron chi connectivity index (χ3n) is 3.44. The molecule has 2 aromatic rings. The minimum Gasteiger partial charge on any atom is -0.497 e. The third-order valence-corrected chi connectivity index (χ3v) is 4.24. The monoisotopic (exact) mass is 333 g/mol. The Morgan fingerprint density at radius 2 is 2.13 bits per heavy atom. The molecule has 7 nitrogen and oxygen atoms in total. The molecule has 1 aromatic carbocycles. The Morgan fingerprint density at radius 3 is 2.78 bits per heavy atom. The summed E-state index contributed by atoms with van der Waals surface area (Å²) < 4.78 is 10.6. The van der Waals surface area contributed by atoms with E-state index >= 15 is 0 Å². The standard InChI is InChI=1S/C15H15N3O4S/c1-21-11-6-4-10(5-7-11)14-16-17-15(22-14)23-9-13(20)18-8-2-3-12(18)19/h4-7H,2-3,8-9H2,1H3. The van der Waals surface area contributed by atoms with Gasteiger partial charge in [-0.15, -0.1) is 10.2 Å². The van der Waals surface area contributed by atoms with Gasteiger partial charge in [-0.25, -0.2) is 0 Å². The van der Waals surface area contributed by atoms with Crippen molar-refractivity contribution in [3.63, 3.8) is 0 Å². The van der Waals surface area contributed by atoms with Gasteiger partial charge in [-0.2, -0.15) is 0 Å². The lowest BCUT2D eigenvalue weighted by atomic mass is 10.2. The number of aromatic nitrogens is 2. The van der Waals surface area contributed by atoms with E-state index in [0.717, 1.165) is 29.5 Å². The number of methoxy groups -OCH3 is 1. The Labute approximate surface area is 137 Å². The first-order chi connectivity index (χ1) is 11.2. The maximum atomic E-state index is 12.0. The lowest BCUT2D eigenvalue weighted by molar-refractivity contribution is -0.140. The van der Waals surface area contributed by atoms with Gasteiger partial charge >= 0.3 is 0 Å². The van der Waals surface area contributed by atoms with E-state index in [0.29, 0.717) is 24.1 Å². The Kier molecular flexibility index (Phi) is 4.61. The number of thioether (sulfide) groups is 1. The molecule has 0 atom stereocenters. The molecule has 0 aliphatic carbocycles. The van der Waals surface area contributed by atoms with E-state index in [2.05, 4.69) is 10.2 Å². The van der Waals surface area contributed by atoms with Gasteiger partial charge in [0.1, 0.15) is 5.75 Å². The summed E-state index contributed by atoms with van der Waals surface area (Å²) in [4.78, 5) is 24.7. The summed E-state index contributed by atoms with van der Waals surface area (Å²) in [6.07, 6.45) is 1.18. The highest BCUT2D eigenvalue weighted by atomic mass is 32.2. The minimum atomic E-state index is -0.221. The summed E-state index contributed by atoms with van der Waals surface area (Å²) in [7, 11) is 1.60. The van der Waals surface area contributed by atoms with Crippen LogP contribution in [0.15, 0.2) is 33.9 Å². The molecule has 8 heteroatoms. The van der Waals surface area contributed by atoms with Crippen molar-refractivity contribution in [1.29, 1.82) is 0 Å². The number of hydrogen-bond donors (Lipinski definition) is 0. The molecule has 2 heterocycles. The van der Waals surface area contributed by atoms with E-state index in [9.17, 15) is 9.59 Å². The second-order valence-electron chi connectivity index (χ2n) is 4.93. The molecule has 1 aromatic heterocycles. The molecule has 0 bridgehead atoms. The highest BCUT2D eigenvalue weighted by Gasteiger charge is 2.26. The normalized spacial score (nSPS) is 14.3. The van der Waals surface area contributed by atoms with Gasteiger partial charge in [0, 0.05) is 18.5 Å². The van der Waals surface area contributed by atoms with Gasteiger partial charge in [0.15, 0.2) is 0 Å². The zero-order valence-electron chi connectivity index (χ0n) is 12.5. The van der Waals surface area contributed by atoms with E-state index in [-0.39, 0.29) is 17.6 Å². The van der Waals surface area contributed by atoms with E-state index in [4.69, 9.17) is 9.15 Å². The molecular weight excluding hydrogens is 318 g/mol. The van der Waals surface area contributed by atoms with Crippen molar-refractivity contribution in [2.45, 2.75) is 18.1 Å². The first-order valence-corrected chi connectivity index (χ1v) is 8.10. The molecule has 1 saturated heterocycles. The van der Waals surface area contributed by atoms with Gasteiger partial charge < -0.3 is 9.15 Å². The lowest BCUT2D eigenvalue weighted by Gasteiger charge is -2.11. The maximum Gasteiger partial charge on any atom is 0.277 e. The Morgan fingerprint density at radius 1 is 1.35 bits per heavy atom. The summed E-state index contributed by atoms with van der Waals surface area (Å²) in [6, 6.07) is 7.23. The predicted molar refractivity (Wildman–Crippen MR) is 83.0 cm³/mol. The second-order valence-corrected chi connectivity index (χ2v) is 5.86. The zero-order valence-corrected chi connectivity index (χ0v) is 13.3. The van der Waals surface area contributed by atoms with Crippen LogP contribution in [0.5, 0.6) is 5.75 Å². The highest BCUT2D eigenvalue weighted by Crippen LogP contribution is 2.25. The van der Waals surface area contributed by atoms with E-state index in [1.165, 1.54) is 4.90 Å². The number of ether oxygens (including phenoxy) is 1. The molecule has 0 radical (unpaired) electrons. The molecular formula is C15H15N3O4S. The van der Waals surface area contributed by atoms with Crippen molar-refractivity contribution < 1.29 is 18.7 Å². The lowest BCUT2D eigenvalue weighted by Crippen LogP contribution is -2.33. The van der Waals surface area contributed by atoms with Gasteiger partial charge in [-0.3, -0.25) is 14.5 Å². The van der Waals surface area contributed by atoms with Crippen LogP contribution in [-0.4, -0.2) is 46.3 Å². The van der Waals surface area contributed by atoms with Crippen molar-refractivity contribution in [3.05, 3.63) is 24.3 Å². The average molecular weight is 333 g/mol. The molecule has 120 valence electrons. The van der Waals surface area contributed by atoms with E-state index in [1.807, 2.05) is 12.1 Å². The van der Waals surface area contributed by atoms with Crippen LogP contribution in [0.25, 0.3) is 11.5 Å². The van der Waals surface area contributed by atoms with Crippen molar-refractivity contribution in [2.24, 2.45) is 0 Å². The topological polar surface area (TPSA) is 85.5 Å². The van der Waals surface area contributed by atoms with Gasteiger partial charge in [-0.1, -0.05) is 11.8 Å². The van der Waals surface area contributed by atoms with Crippen LogP contribution in [0.4, 0.5) is 0 Å². The van der Waals surface area contributed by atoms with E-state index < -0.39 is 0 Å². The fourth-order valence-electron chi connectivity index (χ4n) is 2.23. The second kappa shape index (κ2) is 6.82. The van der Waals surface area contributed by atoms with Crippen LogP contribution < -0.4 is 4.74 Å². The summed E-state index contributed by atoms with van der Waals surface area (Å²) >= 11 is 1.13. The number of rotatable bonds is 5. The maximum absolute atomic E-state index is 12.0. The number of likely N-dealkylation sites (tertiary alicyclic amines) is 1. The number of imide groups is 1. The third kappa shape index (κ3) is 3.53. The first-order valence-electron chi connectivity index (χ1n) is 7.11. The number of carbonyl (C=O) groups excluding carboxylic acids is 2. The van der Waals surface area contributed by atoms with Crippen LogP contribution in [0.1, 0.15) is 12.8 Å². The van der Waals surface area contributed by atoms with Crippen LogP contribution in [0, 0.1) is 0 Å².